The topological polar surface area (TPSA) is 96.0 Å². The standard InChI is InChI=1S/C16H21N3O5S/c1-3-25(22,23)17-13-6-4-12(5-7-13)14(20)19-9-8-16(11-19)10-18(2)15(21)24-16/h4-7,17H,3,8-11H2,1-2H3/t16-/m0/s1. The molecule has 2 heterocycles. The Kier molecular flexibility index (Phi) is 4.36. The van der Waals surface area contributed by atoms with Gasteiger partial charge in [0, 0.05) is 31.3 Å². The second kappa shape index (κ2) is 6.21. The number of nitrogens with zero attached hydrogens (tertiary/aromatic N) is 2. The maximum Gasteiger partial charge on any atom is 0.410 e. The smallest absolute Gasteiger partial charge is 0.410 e. The van der Waals surface area contributed by atoms with Crippen molar-refractivity contribution in [3.05, 3.63) is 29.8 Å². The van der Waals surface area contributed by atoms with E-state index in [2.05, 4.69) is 4.72 Å². The van der Waals surface area contributed by atoms with Crippen molar-refractivity contribution < 1.29 is 22.7 Å². The monoisotopic (exact) mass is 367 g/mol. The van der Waals surface area contributed by atoms with Crippen LogP contribution in [0.4, 0.5) is 10.5 Å². The number of rotatable bonds is 4. The molecule has 1 N–H and O–H groups in total. The first-order chi connectivity index (χ1) is 11.7. The lowest BCUT2D eigenvalue weighted by Crippen LogP contribution is -2.39. The first-order valence-electron chi connectivity index (χ1n) is 8.07. The van der Waals surface area contributed by atoms with Crippen LogP contribution in [0.25, 0.3) is 0 Å². The van der Waals surface area contributed by atoms with Crippen LogP contribution in [0.5, 0.6) is 0 Å². The van der Waals surface area contributed by atoms with Crippen LogP contribution in [-0.2, 0) is 14.8 Å². The molecule has 8 nitrogen and oxygen atoms in total. The number of anilines is 1. The first-order valence-corrected chi connectivity index (χ1v) is 9.73. The molecule has 0 radical (unpaired) electrons. The van der Waals surface area contributed by atoms with Crippen LogP contribution in [0.1, 0.15) is 23.7 Å². The molecule has 9 heteroatoms. The van der Waals surface area contributed by atoms with Gasteiger partial charge in [-0.05, 0) is 31.2 Å². The minimum Gasteiger partial charge on any atom is -0.439 e. The number of amides is 2. The fourth-order valence-corrected chi connectivity index (χ4v) is 3.78. The van der Waals surface area contributed by atoms with Crippen molar-refractivity contribution >= 4 is 27.7 Å². The molecular formula is C16H21N3O5S. The van der Waals surface area contributed by atoms with E-state index >= 15 is 0 Å². The van der Waals surface area contributed by atoms with Gasteiger partial charge in [-0.15, -0.1) is 0 Å². The van der Waals surface area contributed by atoms with Gasteiger partial charge in [0.2, 0.25) is 10.0 Å². The third-order valence-corrected chi connectivity index (χ3v) is 5.84. The lowest BCUT2D eigenvalue weighted by Gasteiger charge is -2.21. The second-order valence-corrected chi connectivity index (χ2v) is 8.48. The molecule has 2 saturated heterocycles. The molecule has 136 valence electrons. The third-order valence-electron chi connectivity index (χ3n) is 4.53. The van der Waals surface area contributed by atoms with Crippen molar-refractivity contribution in [3.63, 3.8) is 0 Å². The van der Waals surface area contributed by atoms with Gasteiger partial charge in [-0.1, -0.05) is 0 Å². The number of ether oxygens (including phenoxy) is 1. The van der Waals surface area contributed by atoms with Gasteiger partial charge in [0.15, 0.2) is 5.60 Å². The minimum atomic E-state index is -3.35. The van der Waals surface area contributed by atoms with Crippen LogP contribution in [0.15, 0.2) is 24.3 Å². The van der Waals surface area contributed by atoms with Crippen LogP contribution in [-0.4, -0.2) is 68.3 Å². The summed E-state index contributed by atoms with van der Waals surface area (Å²) in [5.41, 5.74) is 0.273. The zero-order valence-corrected chi connectivity index (χ0v) is 15.0. The number of hydrogen-bond donors (Lipinski definition) is 1. The minimum absolute atomic E-state index is 0.0172. The fourth-order valence-electron chi connectivity index (χ4n) is 3.14. The summed E-state index contributed by atoms with van der Waals surface area (Å²) in [7, 11) is -1.67. The number of likely N-dealkylation sites (N-methyl/N-ethyl adjacent to an activating group) is 1. The molecule has 0 aromatic heterocycles. The van der Waals surface area contributed by atoms with E-state index in [1.807, 2.05) is 0 Å². The van der Waals surface area contributed by atoms with Gasteiger partial charge in [-0.25, -0.2) is 13.2 Å². The van der Waals surface area contributed by atoms with Crippen LogP contribution in [0, 0.1) is 0 Å². The summed E-state index contributed by atoms with van der Waals surface area (Å²) in [4.78, 5) is 27.4. The maximum absolute atomic E-state index is 12.6. The molecule has 3 rings (SSSR count). The number of benzene rings is 1. The Morgan fingerprint density at radius 2 is 1.96 bits per heavy atom. The lowest BCUT2D eigenvalue weighted by atomic mass is 10.0. The summed E-state index contributed by atoms with van der Waals surface area (Å²) in [6.07, 6.45) is 0.255. The zero-order chi connectivity index (χ0) is 18.2. The highest BCUT2D eigenvalue weighted by atomic mass is 32.2. The van der Waals surface area contributed by atoms with Crippen LogP contribution < -0.4 is 4.72 Å². The van der Waals surface area contributed by atoms with E-state index in [-0.39, 0.29) is 17.8 Å². The predicted octanol–water partition coefficient (Wildman–Crippen LogP) is 1.11. The molecule has 2 amide bonds. The summed E-state index contributed by atoms with van der Waals surface area (Å²) < 4.78 is 31.0. The summed E-state index contributed by atoms with van der Waals surface area (Å²) >= 11 is 0. The Bertz CT molecular complexity index is 792. The van der Waals surface area contributed by atoms with E-state index in [0.717, 1.165) is 0 Å². The lowest BCUT2D eigenvalue weighted by molar-refractivity contribution is 0.0553. The highest BCUT2D eigenvalue weighted by Gasteiger charge is 2.49. The number of nitrogens with one attached hydrogen (secondary N) is 1. The molecule has 25 heavy (non-hydrogen) atoms. The summed E-state index contributed by atoms with van der Waals surface area (Å²) in [6, 6.07) is 6.31. The largest absolute Gasteiger partial charge is 0.439 e. The van der Waals surface area contributed by atoms with Crippen molar-refractivity contribution in [3.8, 4) is 0 Å². The third kappa shape index (κ3) is 3.55. The SMILES string of the molecule is CCS(=O)(=O)Nc1ccc(C(=O)N2CC[C@]3(CN(C)C(=O)O3)C2)cc1. The summed E-state index contributed by atoms with van der Waals surface area (Å²) in [6.45, 7) is 2.92. The van der Waals surface area contributed by atoms with E-state index in [1.165, 1.54) is 4.90 Å². The van der Waals surface area contributed by atoms with E-state index in [4.69, 9.17) is 4.74 Å². The van der Waals surface area contributed by atoms with Crippen molar-refractivity contribution in [2.75, 3.05) is 37.2 Å². The Morgan fingerprint density at radius 3 is 2.52 bits per heavy atom. The normalized spacial score (nSPS) is 23.2. The Morgan fingerprint density at radius 1 is 1.28 bits per heavy atom. The molecule has 1 aromatic carbocycles. The number of carbonyl (C=O) groups excluding carboxylic acids is 2. The van der Waals surface area contributed by atoms with E-state index < -0.39 is 15.6 Å². The van der Waals surface area contributed by atoms with Gasteiger partial charge in [0.25, 0.3) is 5.91 Å². The number of carbonyl (C=O) groups is 2. The Balaban J connectivity index is 1.67. The molecule has 1 aromatic rings. The van der Waals surface area contributed by atoms with Crippen LogP contribution in [0.2, 0.25) is 0 Å². The Hall–Kier alpha value is -2.29. The van der Waals surface area contributed by atoms with E-state index in [9.17, 15) is 18.0 Å². The zero-order valence-electron chi connectivity index (χ0n) is 14.2. The van der Waals surface area contributed by atoms with Crippen molar-refractivity contribution in [2.24, 2.45) is 0 Å². The molecule has 2 aliphatic heterocycles. The fraction of sp³-hybridized carbons (Fsp3) is 0.500. The molecule has 0 saturated carbocycles. The number of likely N-dealkylation sites (tertiary alicyclic amines) is 1. The van der Waals surface area contributed by atoms with Gasteiger partial charge in [0.05, 0.1) is 18.8 Å². The van der Waals surface area contributed by atoms with E-state index in [1.54, 1.807) is 43.1 Å². The second-order valence-electron chi connectivity index (χ2n) is 6.47. The molecule has 2 aliphatic rings. The highest BCUT2D eigenvalue weighted by molar-refractivity contribution is 7.92. The molecule has 1 atom stereocenters. The predicted molar refractivity (Wildman–Crippen MR) is 91.9 cm³/mol. The molecule has 0 unspecified atom stereocenters. The molecule has 1 spiro atoms. The van der Waals surface area contributed by atoms with Gasteiger partial charge < -0.3 is 14.5 Å². The summed E-state index contributed by atoms with van der Waals surface area (Å²) in [5.74, 6) is -0.177. The first kappa shape index (κ1) is 17.5. The van der Waals surface area contributed by atoms with Gasteiger partial charge in [-0.3, -0.25) is 9.52 Å². The number of sulfonamides is 1. The molecular weight excluding hydrogens is 346 g/mol. The van der Waals surface area contributed by atoms with Crippen LogP contribution in [0.3, 0.4) is 0 Å². The van der Waals surface area contributed by atoms with Crippen molar-refractivity contribution in [2.45, 2.75) is 18.9 Å². The highest BCUT2D eigenvalue weighted by Crippen LogP contribution is 2.32. The molecule has 0 bridgehead atoms. The van der Waals surface area contributed by atoms with Gasteiger partial charge in [-0.2, -0.15) is 0 Å². The maximum atomic E-state index is 12.6. The van der Waals surface area contributed by atoms with Gasteiger partial charge >= 0.3 is 6.09 Å². The summed E-state index contributed by atoms with van der Waals surface area (Å²) in [5, 5.41) is 0. The molecule has 2 fully saturated rings. The average Bonchev–Trinajstić information content (AvgIpc) is 3.10. The van der Waals surface area contributed by atoms with Gasteiger partial charge in [0.1, 0.15) is 0 Å². The average molecular weight is 367 g/mol. The van der Waals surface area contributed by atoms with Crippen molar-refractivity contribution in [1.29, 1.82) is 0 Å². The quantitative estimate of drug-likeness (QED) is 0.860. The Labute approximate surface area is 146 Å². The number of hydrogen-bond acceptors (Lipinski definition) is 5. The van der Waals surface area contributed by atoms with E-state index in [0.29, 0.717) is 37.3 Å². The molecule has 0 aliphatic carbocycles. The van der Waals surface area contributed by atoms with Crippen molar-refractivity contribution in [1.82, 2.24) is 9.80 Å². The van der Waals surface area contributed by atoms with Crippen LogP contribution >= 0.6 is 0 Å².